The summed E-state index contributed by atoms with van der Waals surface area (Å²) >= 11 is 3.39. The normalized spacial score (nSPS) is 10.9. The Bertz CT molecular complexity index is 1150. The number of carbonyl (C=O) groups excluding carboxylic acids is 1. The number of hydrogen-bond acceptors (Lipinski definition) is 5. The molecule has 30 heavy (non-hydrogen) atoms. The fourth-order valence-electron chi connectivity index (χ4n) is 2.69. The highest BCUT2D eigenvalue weighted by Crippen LogP contribution is 2.27. The summed E-state index contributed by atoms with van der Waals surface area (Å²) in [6.45, 7) is 0.176. The third kappa shape index (κ3) is 5.19. The number of allylic oxidation sites excluding steroid dienone is 1. The van der Waals surface area contributed by atoms with Crippen molar-refractivity contribution >= 4 is 33.5 Å². The van der Waals surface area contributed by atoms with E-state index in [9.17, 15) is 20.2 Å². The van der Waals surface area contributed by atoms with Gasteiger partial charge in [-0.15, -0.1) is 0 Å². The highest BCUT2D eigenvalue weighted by atomic mass is 79.9. The lowest BCUT2D eigenvalue weighted by Crippen LogP contribution is -2.02. The average molecular weight is 463 g/mol. The number of nitrogens with zero attached hydrogens (tertiary/aromatic N) is 2. The molecular weight excluding hydrogens is 448 g/mol. The fraction of sp³-hybridized carbons (Fsp3) is 0.0435. The van der Waals surface area contributed by atoms with E-state index >= 15 is 0 Å². The number of Topliss-reactive ketones (excluding diaryl/α,β-unsaturated/α-hetero) is 1. The number of ketones is 1. The van der Waals surface area contributed by atoms with E-state index in [1.807, 2.05) is 6.07 Å². The van der Waals surface area contributed by atoms with Crippen molar-refractivity contribution in [2.24, 2.45) is 0 Å². The zero-order valence-corrected chi connectivity index (χ0v) is 17.2. The van der Waals surface area contributed by atoms with E-state index in [1.54, 1.807) is 60.7 Å². The summed E-state index contributed by atoms with van der Waals surface area (Å²) < 4.78 is 6.62. The molecule has 0 N–H and O–H groups in total. The monoisotopic (exact) mass is 462 g/mol. The van der Waals surface area contributed by atoms with E-state index < -0.39 is 4.92 Å². The summed E-state index contributed by atoms with van der Waals surface area (Å²) in [5.41, 5.74) is 1.73. The number of nitro groups is 1. The standard InChI is InChI=1S/C23H15BrN2O4/c24-20-8-11-22(30-15-16-6-9-21(10-7-16)26(28)29)18(13-20)12-19(14-25)23(27)17-4-2-1-3-5-17/h1-13H,15H2/b19-12+. The van der Waals surface area contributed by atoms with Crippen LogP contribution in [-0.4, -0.2) is 10.7 Å². The van der Waals surface area contributed by atoms with Gasteiger partial charge < -0.3 is 4.74 Å². The molecule has 0 unspecified atom stereocenters. The Hall–Kier alpha value is -3.76. The van der Waals surface area contributed by atoms with Crippen LogP contribution in [0.25, 0.3) is 6.08 Å². The summed E-state index contributed by atoms with van der Waals surface area (Å²) in [7, 11) is 0. The second-order valence-corrected chi connectivity index (χ2v) is 7.18. The number of non-ortho nitro benzene ring substituents is 1. The smallest absolute Gasteiger partial charge is 0.269 e. The van der Waals surface area contributed by atoms with E-state index in [4.69, 9.17) is 4.74 Å². The van der Waals surface area contributed by atoms with Crippen molar-refractivity contribution in [2.45, 2.75) is 6.61 Å². The molecule has 0 aliphatic rings. The summed E-state index contributed by atoms with van der Waals surface area (Å²) in [4.78, 5) is 22.9. The van der Waals surface area contributed by atoms with Crippen LogP contribution in [0.15, 0.2) is 82.8 Å². The van der Waals surface area contributed by atoms with Crippen LogP contribution < -0.4 is 4.74 Å². The highest BCUT2D eigenvalue weighted by molar-refractivity contribution is 9.10. The molecule has 0 radical (unpaired) electrons. The molecule has 0 atom stereocenters. The first-order valence-electron chi connectivity index (χ1n) is 8.85. The average Bonchev–Trinajstić information content (AvgIpc) is 2.77. The lowest BCUT2D eigenvalue weighted by Gasteiger charge is -2.10. The molecular formula is C23H15BrN2O4. The molecule has 148 valence electrons. The van der Waals surface area contributed by atoms with Crippen LogP contribution in [-0.2, 0) is 6.61 Å². The van der Waals surface area contributed by atoms with Gasteiger partial charge in [0, 0.05) is 27.7 Å². The minimum absolute atomic E-state index is 0.00380. The Morgan fingerprint density at radius 2 is 1.80 bits per heavy atom. The van der Waals surface area contributed by atoms with Crippen LogP contribution in [0.3, 0.4) is 0 Å². The van der Waals surface area contributed by atoms with E-state index in [1.165, 1.54) is 18.2 Å². The van der Waals surface area contributed by atoms with Crippen molar-refractivity contribution in [3.63, 3.8) is 0 Å². The summed E-state index contributed by atoms with van der Waals surface area (Å²) in [5.74, 6) is 0.101. The minimum atomic E-state index is -0.463. The lowest BCUT2D eigenvalue weighted by molar-refractivity contribution is -0.384. The predicted octanol–water partition coefficient (Wildman–Crippen LogP) is 5.73. The first kappa shape index (κ1) is 21.0. The van der Waals surface area contributed by atoms with Crippen molar-refractivity contribution in [3.05, 3.63) is 110 Å². The van der Waals surface area contributed by atoms with Gasteiger partial charge in [-0.2, -0.15) is 5.26 Å². The molecule has 0 fully saturated rings. The van der Waals surface area contributed by atoms with E-state index in [0.717, 1.165) is 10.0 Å². The quantitative estimate of drug-likeness (QED) is 0.147. The van der Waals surface area contributed by atoms with Gasteiger partial charge in [-0.05, 0) is 42.0 Å². The van der Waals surface area contributed by atoms with Gasteiger partial charge in [-0.25, -0.2) is 0 Å². The van der Waals surface area contributed by atoms with E-state index in [0.29, 0.717) is 16.9 Å². The Morgan fingerprint density at radius 1 is 1.10 bits per heavy atom. The van der Waals surface area contributed by atoms with E-state index in [-0.39, 0.29) is 23.7 Å². The summed E-state index contributed by atoms with van der Waals surface area (Å²) in [6.07, 6.45) is 1.49. The van der Waals surface area contributed by atoms with Gasteiger partial charge in [-0.3, -0.25) is 14.9 Å². The number of ether oxygens (including phenoxy) is 1. The molecule has 0 saturated carbocycles. The maximum absolute atomic E-state index is 12.6. The zero-order chi connectivity index (χ0) is 21.5. The van der Waals surface area contributed by atoms with Crippen molar-refractivity contribution in [1.82, 2.24) is 0 Å². The fourth-order valence-corrected chi connectivity index (χ4v) is 3.07. The van der Waals surface area contributed by atoms with Gasteiger partial charge in [0.15, 0.2) is 0 Å². The number of halogens is 1. The van der Waals surface area contributed by atoms with Gasteiger partial charge in [0.2, 0.25) is 5.78 Å². The Kier molecular flexibility index (Phi) is 6.73. The number of nitriles is 1. The van der Waals surface area contributed by atoms with E-state index in [2.05, 4.69) is 15.9 Å². The van der Waals surface area contributed by atoms with Gasteiger partial charge >= 0.3 is 0 Å². The molecule has 3 rings (SSSR count). The second kappa shape index (κ2) is 9.63. The van der Waals surface area contributed by atoms with Crippen molar-refractivity contribution in [2.75, 3.05) is 0 Å². The maximum atomic E-state index is 12.6. The number of carbonyl (C=O) groups is 1. The molecule has 0 heterocycles. The van der Waals surface area contributed by atoms with Crippen LogP contribution in [0.5, 0.6) is 5.75 Å². The number of benzene rings is 3. The largest absolute Gasteiger partial charge is 0.488 e. The Morgan fingerprint density at radius 3 is 2.43 bits per heavy atom. The summed E-state index contributed by atoms with van der Waals surface area (Å²) in [6, 6.07) is 21.9. The molecule has 0 spiro atoms. The molecule has 0 aromatic heterocycles. The Balaban J connectivity index is 1.85. The highest BCUT2D eigenvalue weighted by Gasteiger charge is 2.14. The molecule has 0 amide bonds. The van der Waals surface area contributed by atoms with Crippen LogP contribution in [0.2, 0.25) is 0 Å². The van der Waals surface area contributed by atoms with Gasteiger partial charge in [0.05, 0.1) is 4.92 Å². The third-order valence-corrected chi connectivity index (χ3v) is 4.71. The van der Waals surface area contributed by atoms with Crippen LogP contribution >= 0.6 is 15.9 Å². The molecule has 0 aliphatic heterocycles. The van der Waals surface area contributed by atoms with Crippen LogP contribution in [0, 0.1) is 21.4 Å². The first-order valence-corrected chi connectivity index (χ1v) is 9.64. The topological polar surface area (TPSA) is 93.2 Å². The molecule has 0 bridgehead atoms. The van der Waals surface area contributed by atoms with Gasteiger partial charge in [0.25, 0.3) is 5.69 Å². The van der Waals surface area contributed by atoms with Crippen LogP contribution in [0.1, 0.15) is 21.5 Å². The predicted molar refractivity (Wildman–Crippen MR) is 116 cm³/mol. The van der Waals surface area contributed by atoms with Crippen molar-refractivity contribution in [3.8, 4) is 11.8 Å². The van der Waals surface area contributed by atoms with Gasteiger partial charge in [0.1, 0.15) is 24.0 Å². The molecule has 6 nitrogen and oxygen atoms in total. The SMILES string of the molecule is N#C/C(=C\c1cc(Br)ccc1OCc1ccc([N+](=O)[O-])cc1)C(=O)c1ccccc1. The molecule has 0 aliphatic carbocycles. The zero-order valence-electron chi connectivity index (χ0n) is 15.6. The molecule has 3 aromatic rings. The summed E-state index contributed by atoms with van der Waals surface area (Å²) in [5, 5.41) is 20.3. The molecule has 3 aromatic carbocycles. The third-order valence-electron chi connectivity index (χ3n) is 4.21. The Labute approximate surface area is 181 Å². The minimum Gasteiger partial charge on any atom is -0.488 e. The second-order valence-electron chi connectivity index (χ2n) is 6.26. The van der Waals surface area contributed by atoms with Gasteiger partial charge in [-0.1, -0.05) is 46.3 Å². The number of rotatable bonds is 7. The first-order chi connectivity index (χ1) is 14.5. The van der Waals surface area contributed by atoms with Crippen LogP contribution in [0.4, 0.5) is 5.69 Å². The molecule has 7 heteroatoms. The number of hydrogen-bond donors (Lipinski definition) is 0. The maximum Gasteiger partial charge on any atom is 0.269 e. The molecule has 0 saturated heterocycles. The van der Waals surface area contributed by atoms with Crippen molar-refractivity contribution in [1.29, 1.82) is 5.26 Å². The lowest BCUT2D eigenvalue weighted by atomic mass is 10.0. The number of nitro benzene ring substituents is 1. The van der Waals surface area contributed by atoms with Crippen molar-refractivity contribution < 1.29 is 14.5 Å².